The maximum atomic E-state index is 12.9. The number of nitrogens with zero attached hydrogens (tertiary/aromatic N) is 3. The molecule has 0 radical (unpaired) electrons. The van der Waals surface area contributed by atoms with Crippen LogP contribution in [-0.4, -0.2) is 36.0 Å². The van der Waals surface area contributed by atoms with Crippen LogP contribution in [-0.2, 0) is 10.0 Å². The minimum Gasteiger partial charge on any atom is -0.334 e. The van der Waals surface area contributed by atoms with Crippen molar-refractivity contribution in [1.82, 2.24) is 14.4 Å². The van der Waals surface area contributed by atoms with Gasteiger partial charge in [-0.15, -0.1) is 0 Å². The second kappa shape index (κ2) is 7.48. The first-order valence-corrected chi connectivity index (χ1v) is 10.8. The van der Waals surface area contributed by atoms with Crippen LogP contribution in [0.1, 0.15) is 35.7 Å². The third-order valence-electron chi connectivity index (χ3n) is 5.15. The molecule has 1 fully saturated rings. The number of rotatable bonds is 4. The van der Waals surface area contributed by atoms with Gasteiger partial charge in [0, 0.05) is 24.6 Å². The van der Waals surface area contributed by atoms with Gasteiger partial charge in [-0.05, 0) is 56.5 Å². The lowest BCUT2D eigenvalue weighted by molar-refractivity contribution is 0.307. The van der Waals surface area contributed by atoms with Gasteiger partial charge in [-0.25, -0.2) is 8.42 Å². The summed E-state index contributed by atoms with van der Waals surface area (Å²) in [5.41, 5.74) is 2.97. The minimum atomic E-state index is -3.46. The molecule has 1 aliphatic rings. The summed E-state index contributed by atoms with van der Waals surface area (Å²) in [6, 6.07) is 15.0. The van der Waals surface area contributed by atoms with Crippen molar-refractivity contribution in [2.75, 3.05) is 13.1 Å². The fourth-order valence-corrected chi connectivity index (χ4v) is 5.15. The molecule has 2 heterocycles. The predicted molar refractivity (Wildman–Crippen MR) is 106 cm³/mol. The molecule has 1 aromatic heterocycles. The van der Waals surface area contributed by atoms with Gasteiger partial charge in [-0.2, -0.15) is 9.29 Å². The molecule has 146 valence electrons. The van der Waals surface area contributed by atoms with E-state index in [1.54, 1.807) is 22.5 Å². The van der Waals surface area contributed by atoms with E-state index in [-0.39, 0.29) is 5.92 Å². The van der Waals surface area contributed by atoms with Crippen molar-refractivity contribution >= 4 is 10.0 Å². The highest BCUT2D eigenvalue weighted by molar-refractivity contribution is 7.89. The SMILES string of the molecule is Cc1cccc(-c2nc(C3CCN(S(=O)(=O)c4cccc(C)c4)CC3)no2)c1. The Bertz CT molecular complexity index is 1080. The molecule has 0 saturated carbocycles. The first-order chi connectivity index (χ1) is 13.4. The number of sulfonamides is 1. The number of aromatic nitrogens is 2. The molecule has 1 aliphatic heterocycles. The van der Waals surface area contributed by atoms with E-state index in [1.165, 1.54) is 0 Å². The van der Waals surface area contributed by atoms with Gasteiger partial charge in [0.25, 0.3) is 5.89 Å². The highest BCUT2D eigenvalue weighted by Crippen LogP contribution is 2.30. The van der Waals surface area contributed by atoms with Gasteiger partial charge in [0.05, 0.1) is 4.90 Å². The Kier molecular flexibility index (Phi) is 5.03. The smallest absolute Gasteiger partial charge is 0.257 e. The molecule has 28 heavy (non-hydrogen) atoms. The Balaban J connectivity index is 1.46. The zero-order chi connectivity index (χ0) is 19.7. The second-order valence-corrected chi connectivity index (χ2v) is 9.26. The van der Waals surface area contributed by atoms with Crippen molar-refractivity contribution in [1.29, 1.82) is 0 Å². The minimum absolute atomic E-state index is 0.103. The maximum absolute atomic E-state index is 12.9. The van der Waals surface area contributed by atoms with Gasteiger partial charge in [-0.3, -0.25) is 0 Å². The lowest BCUT2D eigenvalue weighted by atomic mass is 9.97. The highest BCUT2D eigenvalue weighted by atomic mass is 32.2. The quantitative estimate of drug-likeness (QED) is 0.667. The third kappa shape index (κ3) is 3.72. The second-order valence-electron chi connectivity index (χ2n) is 7.32. The summed E-state index contributed by atoms with van der Waals surface area (Å²) in [7, 11) is -3.46. The molecule has 0 bridgehead atoms. The Hall–Kier alpha value is -2.51. The van der Waals surface area contributed by atoms with E-state index < -0.39 is 10.0 Å². The van der Waals surface area contributed by atoms with Gasteiger partial charge < -0.3 is 4.52 Å². The molecule has 0 aliphatic carbocycles. The normalized spacial score (nSPS) is 16.4. The predicted octanol–water partition coefficient (Wildman–Crippen LogP) is 3.92. The van der Waals surface area contributed by atoms with E-state index in [2.05, 4.69) is 10.1 Å². The van der Waals surface area contributed by atoms with Crippen molar-refractivity contribution in [2.24, 2.45) is 0 Å². The van der Waals surface area contributed by atoms with Gasteiger partial charge in [0.15, 0.2) is 5.82 Å². The summed E-state index contributed by atoms with van der Waals surface area (Å²) in [5, 5.41) is 4.15. The van der Waals surface area contributed by atoms with Crippen LogP contribution in [0.3, 0.4) is 0 Å². The van der Waals surface area contributed by atoms with Crippen LogP contribution in [0.5, 0.6) is 0 Å². The van der Waals surface area contributed by atoms with Crippen molar-refractivity contribution in [2.45, 2.75) is 37.5 Å². The number of benzene rings is 2. The lowest BCUT2D eigenvalue weighted by Gasteiger charge is -2.29. The standard InChI is InChI=1S/C21H23N3O3S/c1-15-5-3-7-18(13-15)21-22-20(23-27-21)17-9-11-24(12-10-17)28(25,26)19-8-4-6-16(2)14-19/h3-8,13-14,17H,9-12H2,1-2H3. The Morgan fingerprint density at radius 1 is 1.00 bits per heavy atom. The summed E-state index contributed by atoms with van der Waals surface area (Å²) in [4.78, 5) is 4.91. The molecule has 0 amide bonds. The monoisotopic (exact) mass is 397 g/mol. The van der Waals surface area contributed by atoms with Gasteiger partial charge in [-0.1, -0.05) is 35.0 Å². The van der Waals surface area contributed by atoms with E-state index in [4.69, 9.17) is 4.52 Å². The van der Waals surface area contributed by atoms with E-state index in [0.717, 1.165) is 16.7 Å². The first kappa shape index (κ1) is 18.8. The van der Waals surface area contributed by atoms with Crippen LogP contribution in [0.25, 0.3) is 11.5 Å². The summed E-state index contributed by atoms with van der Waals surface area (Å²) < 4.78 is 32.8. The summed E-state index contributed by atoms with van der Waals surface area (Å²) >= 11 is 0. The summed E-state index contributed by atoms with van der Waals surface area (Å²) in [5.74, 6) is 1.27. The molecule has 7 heteroatoms. The van der Waals surface area contributed by atoms with Crippen LogP contribution in [0.2, 0.25) is 0 Å². The van der Waals surface area contributed by atoms with Crippen LogP contribution >= 0.6 is 0 Å². The topological polar surface area (TPSA) is 76.3 Å². The zero-order valence-electron chi connectivity index (χ0n) is 16.0. The Morgan fingerprint density at radius 2 is 1.68 bits per heavy atom. The molecule has 0 unspecified atom stereocenters. The number of hydrogen-bond acceptors (Lipinski definition) is 5. The Morgan fingerprint density at radius 3 is 2.36 bits per heavy atom. The van der Waals surface area contributed by atoms with E-state index in [9.17, 15) is 8.42 Å². The largest absolute Gasteiger partial charge is 0.334 e. The highest BCUT2D eigenvalue weighted by Gasteiger charge is 2.31. The molecule has 0 atom stereocenters. The van der Waals surface area contributed by atoms with Crippen molar-refractivity contribution in [3.63, 3.8) is 0 Å². The van der Waals surface area contributed by atoms with Crippen molar-refractivity contribution in [3.8, 4) is 11.5 Å². The van der Waals surface area contributed by atoms with Crippen molar-refractivity contribution in [3.05, 3.63) is 65.5 Å². The maximum Gasteiger partial charge on any atom is 0.257 e. The van der Waals surface area contributed by atoms with Gasteiger partial charge in [0.2, 0.25) is 10.0 Å². The van der Waals surface area contributed by atoms with Crippen LogP contribution < -0.4 is 0 Å². The number of piperidine rings is 1. The molecule has 6 nitrogen and oxygen atoms in total. The number of aryl methyl sites for hydroxylation is 2. The average Bonchev–Trinajstić information content (AvgIpc) is 3.18. The molecule has 1 saturated heterocycles. The molecule has 0 spiro atoms. The summed E-state index contributed by atoms with van der Waals surface area (Å²) in [6.45, 7) is 4.82. The van der Waals surface area contributed by atoms with Gasteiger partial charge >= 0.3 is 0 Å². The van der Waals surface area contributed by atoms with Crippen LogP contribution in [0.15, 0.2) is 57.9 Å². The Labute approximate surface area is 165 Å². The zero-order valence-corrected chi connectivity index (χ0v) is 16.8. The van der Waals surface area contributed by atoms with Crippen molar-refractivity contribution < 1.29 is 12.9 Å². The third-order valence-corrected chi connectivity index (χ3v) is 7.05. The molecular formula is C21H23N3O3S. The van der Waals surface area contributed by atoms with E-state index in [1.807, 2.05) is 44.2 Å². The summed E-state index contributed by atoms with van der Waals surface area (Å²) in [6.07, 6.45) is 1.36. The van der Waals surface area contributed by atoms with E-state index >= 15 is 0 Å². The fourth-order valence-electron chi connectivity index (χ4n) is 3.58. The molecule has 4 rings (SSSR count). The molecule has 2 aromatic carbocycles. The van der Waals surface area contributed by atoms with E-state index in [0.29, 0.717) is 42.5 Å². The number of hydrogen-bond donors (Lipinski definition) is 0. The van der Waals surface area contributed by atoms with Crippen LogP contribution in [0, 0.1) is 13.8 Å². The molecule has 3 aromatic rings. The fraction of sp³-hybridized carbons (Fsp3) is 0.333. The van der Waals surface area contributed by atoms with Gasteiger partial charge in [0.1, 0.15) is 0 Å². The first-order valence-electron chi connectivity index (χ1n) is 9.41. The lowest BCUT2D eigenvalue weighted by Crippen LogP contribution is -2.38. The molecule has 0 N–H and O–H groups in total. The molecular weight excluding hydrogens is 374 g/mol. The van der Waals surface area contributed by atoms with Crippen LogP contribution in [0.4, 0.5) is 0 Å². The average molecular weight is 398 g/mol.